The number of likely N-dealkylation sites (N-methyl/N-ethyl adjacent to an activating group) is 1. The Morgan fingerprint density at radius 1 is 1.43 bits per heavy atom. The van der Waals surface area contributed by atoms with Crippen molar-refractivity contribution in [2.24, 2.45) is 0 Å². The minimum atomic E-state index is -0.0837. The Labute approximate surface area is 123 Å². The van der Waals surface area contributed by atoms with Gasteiger partial charge in [-0.1, -0.05) is 12.1 Å². The number of benzene rings is 1. The molecule has 0 aliphatic carbocycles. The number of para-hydroxylation sites is 1. The summed E-state index contributed by atoms with van der Waals surface area (Å²) in [5.74, 6) is 0.685. The number of fused-ring (bicyclic) bond motifs is 1. The molecule has 2 aromatic rings. The van der Waals surface area contributed by atoms with E-state index in [1.807, 2.05) is 25.2 Å². The molecule has 2 N–H and O–H groups in total. The standard InChI is InChI=1S/C15H20N4O2/c1-19(9-11-8-16-6-7-21-11)10-14-17-13-5-3-2-4-12(13)15(20)18-14/h2-5,11,16H,6-10H2,1H3,(H,17,18,20). The highest BCUT2D eigenvalue weighted by Gasteiger charge is 2.16. The third kappa shape index (κ3) is 3.47. The highest BCUT2D eigenvalue weighted by Crippen LogP contribution is 2.07. The topological polar surface area (TPSA) is 70.2 Å². The molecule has 2 heterocycles. The fraction of sp³-hybridized carbons (Fsp3) is 0.467. The zero-order valence-corrected chi connectivity index (χ0v) is 12.1. The number of H-pyrrole nitrogens is 1. The zero-order chi connectivity index (χ0) is 14.7. The lowest BCUT2D eigenvalue weighted by Crippen LogP contribution is -2.44. The number of hydrogen-bond donors (Lipinski definition) is 2. The molecular weight excluding hydrogens is 268 g/mol. The minimum Gasteiger partial charge on any atom is -0.374 e. The highest BCUT2D eigenvalue weighted by atomic mass is 16.5. The van der Waals surface area contributed by atoms with Crippen LogP contribution in [0.2, 0.25) is 0 Å². The Morgan fingerprint density at radius 3 is 3.10 bits per heavy atom. The predicted molar refractivity (Wildman–Crippen MR) is 81.3 cm³/mol. The Balaban J connectivity index is 1.70. The SMILES string of the molecule is CN(Cc1nc2ccccc2c(=O)[nH]1)CC1CNCCO1. The van der Waals surface area contributed by atoms with Crippen molar-refractivity contribution in [3.8, 4) is 0 Å². The van der Waals surface area contributed by atoms with Gasteiger partial charge in [-0.05, 0) is 19.2 Å². The first-order chi connectivity index (χ1) is 10.2. The van der Waals surface area contributed by atoms with E-state index in [0.29, 0.717) is 17.8 Å². The molecule has 1 aliphatic rings. The van der Waals surface area contributed by atoms with Gasteiger partial charge >= 0.3 is 0 Å². The van der Waals surface area contributed by atoms with Crippen LogP contribution < -0.4 is 10.9 Å². The van der Waals surface area contributed by atoms with Crippen LogP contribution >= 0.6 is 0 Å². The molecule has 0 spiro atoms. The van der Waals surface area contributed by atoms with Gasteiger partial charge in [0.25, 0.3) is 5.56 Å². The van der Waals surface area contributed by atoms with Gasteiger partial charge in [0.15, 0.2) is 0 Å². The first-order valence-corrected chi connectivity index (χ1v) is 7.21. The van der Waals surface area contributed by atoms with Crippen LogP contribution in [0.3, 0.4) is 0 Å². The Morgan fingerprint density at radius 2 is 2.29 bits per heavy atom. The first-order valence-electron chi connectivity index (χ1n) is 7.21. The van der Waals surface area contributed by atoms with E-state index in [0.717, 1.165) is 31.8 Å². The van der Waals surface area contributed by atoms with E-state index in [1.54, 1.807) is 6.07 Å². The van der Waals surface area contributed by atoms with Gasteiger partial charge in [-0.3, -0.25) is 9.69 Å². The van der Waals surface area contributed by atoms with Gasteiger partial charge in [-0.15, -0.1) is 0 Å². The van der Waals surface area contributed by atoms with E-state index in [2.05, 4.69) is 20.2 Å². The normalized spacial score (nSPS) is 19.2. The molecule has 112 valence electrons. The lowest BCUT2D eigenvalue weighted by atomic mass is 10.2. The molecule has 6 heteroatoms. The molecule has 1 atom stereocenters. The molecule has 3 rings (SSSR count). The van der Waals surface area contributed by atoms with Crippen LogP contribution in [0.15, 0.2) is 29.1 Å². The maximum atomic E-state index is 12.0. The number of aromatic amines is 1. The van der Waals surface area contributed by atoms with Crippen molar-refractivity contribution >= 4 is 10.9 Å². The minimum absolute atomic E-state index is 0.0837. The zero-order valence-electron chi connectivity index (χ0n) is 12.1. The highest BCUT2D eigenvalue weighted by molar-refractivity contribution is 5.77. The summed E-state index contributed by atoms with van der Waals surface area (Å²) in [7, 11) is 2.01. The molecule has 21 heavy (non-hydrogen) atoms. The molecule has 1 aliphatic heterocycles. The van der Waals surface area contributed by atoms with Gasteiger partial charge in [0.2, 0.25) is 0 Å². The third-order valence-corrected chi connectivity index (χ3v) is 3.60. The van der Waals surface area contributed by atoms with Crippen LogP contribution in [-0.4, -0.2) is 54.3 Å². The van der Waals surface area contributed by atoms with E-state index >= 15 is 0 Å². The summed E-state index contributed by atoms with van der Waals surface area (Å²) in [6.07, 6.45) is 0.191. The Kier molecular flexibility index (Phi) is 4.28. The van der Waals surface area contributed by atoms with E-state index in [1.165, 1.54) is 0 Å². The summed E-state index contributed by atoms with van der Waals surface area (Å²) < 4.78 is 5.68. The summed E-state index contributed by atoms with van der Waals surface area (Å²) in [5.41, 5.74) is 0.653. The third-order valence-electron chi connectivity index (χ3n) is 3.60. The van der Waals surface area contributed by atoms with E-state index < -0.39 is 0 Å². The maximum absolute atomic E-state index is 12.0. The first kappa shape index (κ1) is 14.2. The molecule has 6 nitrogen and oxygen atoms in total. The van der Waals surface area contributed by atoms with Crippen molar-refractivity contribution in [1.82, 2.24) is 20.2 Å². The smallest absolute Gasteiger partial charge is 0.258 e. The summed E-state index contributed by atoms with van der Waals surface area (Å²) >= 11 is 0. The maximum Gasteiger partial charge on any atom is 0.258 e. The molecule has 1 aromatic heterocycles. The van der Waals surface area contributed by atoms with Gasteiger partial charge in [-0.25, -0.2) is 4.98 Å². The monoisotopic (exact) mass is 288 g/mol. The van der Waals surface area contributed by atoms with Gasteiger partial charge in [0.1, 0.15) is 5.82 Å². The van der Waals surface area contributed by atoms with Gasteiger partial charge in [0, 0.05) is 19.6 Å². The van der Waals surface area contributed by atoms with Crippen molar-refractivity contribution in [2.75, 3.05) is 33.3 Å². The number of hydrogen-bond acceptors (Lipinski definition) is 5. The van der Waals surface area contributed by atoms with Gasteiger partial charge < -0.3 is 15.0 Å². The molecule has 1 unspecified atom stereocenters. The summed E-state index contributed by atoms with van der Waals surface area (Å²) in [4.78, 5) is 21.5. The second-order valence-corrected chi connectivity index (χ2v) is 5.42. The molecule has 1 saturated heterocycles. The second kappa shape index (κ2) is 6.34. The van der Waals surface area contributed by atoms with Gasteiger partial charge in [0.05, 0.1) is 30.2 Å². The van der Waals surface area contributed by atoms with Crippen molar-refractivity contribution in [3.05, 3.63) is 40.4 Å². The lowest BCUT2D eigenvalue weighted by molar-refractivity contribution is 0.00850. The quantitative estimate of drug-likeness (QED) is 0.849. The van der Waals surface area contributed by atoms with Crippen molar-refractivity contribution < 1.29 is 4.74 Å². The van der Waals surface area contributed by atoms with Crippen molar-refractivity contribution in [2.45, 2.75) is 12.6 Å². The molecule has 0 saturated carbocycles. The van der Waals surface area contributed by atoms with Crippen LogP contribution in [0.1, 0.15) is 5.82 Å². The summed E-state index contributed by atoms with van der Waals surface area (Å²) in [6, 6.07) is 7.39. The largest absolute Gasteiger partial charge is 0.374 e. The second-order valence-electron chi connectivity index (χ2n) is 5.42. The fourth-order valence-corrected chi connectivity index (χ4v) is 2.61. The number of nitrogens with one attached hydrogen (secondary N) is 2. The molecule has 1 fully saturated rings. The van der Waals surface area contributed by atoms with Crippen molar-refractivity contribution in [3.63, 3.8) is 0 Å². The number of rotatable bonds is 4. The van der Waals surface area contributed by atoms with E-state index in [4.69, 9.17) is 4.74 Å². The fourth-order valence-electron chi connectivity index (χ4n) is 2.61. The summed E-state index contributed by atoms with van der Waals surface area (Å²) in [6.45, 7) is 3.94. The number of ether oxygens (including phenoxy) is 1. The molecule has 1 aromatic carbocycles. The van der Waals surface area contributed by atoms with Crippen LogP contribution in [0, 0.1) is 0 Å². The number of aromatic nitrogens is 2. The molecular formula is C15H20N4O2. The predicted octanol–water partition coefficient (Wildman–Crippen LogP) is 0.343. The Bertz CT molecular complexity index is 664. The van der Waals surface area contributed by atoms with Crippen LogP contribution in [0.25, 0.3) is 10.9 Å². The molecule has 0 radical (unpaired) electrons. The van der Waals surface area contributed by atoms with E-state index in [-0.39, 0.29) is 11.7 Å². The number of nitrogens with zero attached hydrogens (tertiary/aromatic N) is 2. The van der Waals surface area contributed by atoms with Crippen LogP contribution in [0.4, 0.5) is 0 Å². The average molecular weight is 288 g/mol. The average Bonchev–Trinajstić information content (AvgIpc) is 2.48. The molecule has 0 bridgehead atoms. The van der Waals surface area contributed by atoms with Gasteiger partial charge in [-0.2, -0.15) is 0 Å². The summed E-state index contributed by atoms with van der Waals surface area (Å²) in [5, 5.41) is 3.94. The van der Waals surface area contributed by atoms with Crippen LogP contribution in [-0.2, 0) is 11.3 Å². The number of morpholine rings is 1. The van der Waals surface area contributed by atoms with E-state index in [9.17, 15) is 4.79 Å². The molecule has 0 amide bonds. The van der Waals surface area contributed by atoms with Crippen LogP contribution in [0.5, 0.6) is 0 Å². The van der Waals surface area contributed by atoms with Crippen molar-refractivity contribution in [1.29, 1.82) is 0 Å². The lowest BCUT2D eigenvalue weighted by Gasteiger charge is -2.27. The Hall–Kier alpha value is -1.76.